The van der Waals surface area contributed by atoms with Crippen LogP contribution >= 0.6 is 0 Å². The predicted octanol–water partition coefficient (Wildman–Crippen LogP) is 0.563. The van der Waals surface area contributed by atoms with Gasteiger partial charge in [0.1, 0.15) is 0 Å². The van der Waals surface area contributed by atoms with Gasteiger partial charge in [-0.2, -0.15) is 10.1 Å². The van der Waals surface area contributed by atoms with Gasteiger partial charge in [0.25, 0.3) is 11.2 Å². The van der Waals surface area contributed by atoms with Crippen molar-refractivity contribution in [3.05, 3.63) is 60.8 Å². The second kappa shape index (κ2) is 9.53. The number of imidazole rings is 1. The molecule has 0 saturated heterocycles. The normalized spacial score (nSPS) is 12.7. The number of ether oxygens (including phenoxy) is 1. The lowest BCUT2D eigenvalue weighted by molar-refractivity contribution is -0.384. The number of nitro benzene ring substituents is 1. The lowest BCUT2D eigenvalue weighted by Crippen LogP contribution is -2.30. The molecular weight excluding hydrogens is 422 g/mol. The monoisotopic (exact) mass is 445 g/mol. The van der Waals surface area contributed by atoms with Gasteiger partial charge in [-0.3, -0.25) is 24.5 Å². The van der Waals surface area contributed by atoms with E-state index in [2.05, 4.69) is 20.5 Å². The first-order chi connectivity index (χ1) is 15.2. The maximum absolute atomic E-state index is 12.5. The molecule has 0 aliphatic heterocycles. The number of aromatic amines is 1. The molecule has 1 unspecified atom stereocenters. The minimum absolute atomic E-state index is 0.0342. The van der Waals surface area contributed by atoms with Crippen molar-refractivity contribution in [3.8, 4) is 0 Å². The van der Waals surface area contributed by atoms with E-state index >= 15 is 0 Å². The van der Waals surface area contributed by atoms with Crippen molar-refractivity contribution in [3.63, 3.8) is 0 Å². The Balaban J connectivity index is 1.93. The quantitative estimate of drug-likeness (QED) is 0.244. The highest BCUT2D eigenvalue weighted by atomic mass is 16.6. The summed E-state index contributed by atoms with van der Waals surface area (Å²) in [6, 6.07) is 5.73. The van der Waals surface area contributed by atoms with Crippen LogP contribution in [0.5, 0.6) is 0 Å². The SMILES string of the molecule is CC(C)OCC(O)Cn1c(N/N=C\c2ccc([N+](=O)[O-])cc2)nc2c1c(=O)[nH]c(=O)n2C. The Bertz CT molecular complexity index is 1260. The molecule has 3 aromatic rings. The van der Waals surface area contributed by atoms with Crippen molar-refractivity contribution in [2.24, 2.45) is 12.1 Å². The summed E-state index contributed by atoms with van der Waals surface area (Å²) in [5.41, 5.74) is 2.16. The number of H-pyrrole nitrogens is 1. The Kier molecular flexibility index (Phi) is 6.80. The number of aryl methyl sites for hydroxylation is 1. The molecule has 3 rings (SSSR count). The Hall–Kier alpha value is -3.84. The van der Waals surface area contributed by atoms with E-state index in [0.717, 1.165) is 0 Å². The highest BCUT2D eigenvalue weighted by Crippen LogP contribution is 2.17. The first-order valence-electron chi connectivity index (χ1n) is 9.70. The molecular formula is C19H23N7O6. The van der Waals surface area contributed by atoms with E-state index in [0.29, 0.717) is 5.56 Å². The smallest absolute Gasteiger partial charge is 0.329 e. The van der Waals surface area contributed by atoms with Crippen molar-refractivity contribution >= 4 is 29.0 Å². The number of anilines is 1. The van der Waals surface area contributed by atoms with Gasteiger partial charge in [0, 0.05) is 19.2 Å². The highest BCUT2D eigenvalue weighted by molar-refractivity contribution is 5.81. The number of aromatic nitrogens is 4. The number of benzene rings is 1. The van der Waals surface area contributed by atoms with Crippen LogP contribution in [-0.4, -0.2) is 54.2 Å². The van der Waals surface area contributed by atoms with Gasteiger partial charge in [0.15, 0.2) is 11.2 Å². The lowest BCUT2D eigenvalue weighted by Gasteiger charge is -2.15. The topological polar surface area (TPSA) is 170 Å². The summed E-state index contributed by atoms with van der Waals surface area (Å²) >= 11 is 0. The summed E-state index contributed by atoms with van der Waals surface area (Å²) in [5, 5.41) is 25.2. The van der Waals surface area contributed by atoms with E-state index in [1.165, 1.54) is 46.7 Å². The van der Waals surface area contributed by atoms with Crippen LogP contribution in [0, 0.1) is 10.1 Å². The number of hydrogen-bond acceptors (Lipinski definition) is 9. The minimum Gasteiger partial charge on any atom is -0.389 e. The molecule has 1 aromatic carbocycles. The average Bonchev–Trinajstić information content (AvgIpc) is 3.09. The van der Waals surface area contributed by atoms with Crippen molar-refractivity contribution in [2.75, 3.05) is 12.0 Å². The standard InChI is InChI=1S/C19H23N7O6/c1-11(2)32-10-14(27)9-25-15-16(24(3)19(29)22-17(15)28)21-18(25)23-20-8-12-4-6-13(7-5-12)26(30)31/h4-8,11,14,27H,9-10H2,1-3H3,(H,21,23)(H,22,28,29)/b20-8-. The Labute approximate surface area is 181 Å². The zero-order valence-electron chi connectivity index (χ0n) is 17.7. The molecule has 13 heteroatoms. The van der Waals surface area contributed by atoms with Crippen molar-refractivity contribution in [1.29, 1.82) is 0 Å². The van der Waals surface area contributed by atoms with Crippen molar-refractivity contribution in [2.45, 2.75) is 32.6 Å². The molecule has 32 heavy (non-hydrogen) atoms. The molecule has 0 bridgehead atoms. The maximum Gasteiger partial charge on any atom is 0.329 e. The second-order valence-electron chi connectivity index (χ2n) is 7.29. The van der Waals surface area contributed by atoms with Crippen molar-refractivity contribution < 1.29 is 14.8 Å². The van der Waals surface area contributed by atoms with E-state index in [4.69, 9.17) is 4.74 Å². The number of nitrogens with one attached hydrogen (secondary N) is 2. The van der Waals surface area contributed by atoms with Crippen LogP contribution in [0.15, 0.2) is 39.0 Å². The second-order valence-corrected chi connectivity index (χ2v) is 7.29. The number of aliphatic hydroxyl groups is 1. The predicted molar refractivity (Wildman–Crippen MR) is 117 cm³/mol. The van der Waals surface area contributed by atoms with Crippen LogP contribution in [0.3, 0.4) is 0 Å². The number of aliphatic hydroxyl groups excluding tert-OH is 1. The fourth-order valence-corrected chi connectivity index (χ4v) is 2.91. The number of nitrogens with zero attached hydrogens (tertiary/aromatic N) is 5. The van der Waals surface area contributed by atoms with Crippen LogP contribution in [-0.2, 0) is 18.3 Å². The molecule has 0 radical (unpaired) electrons. The van der Waals surface area contributed by atoms with Gasteiger partial charge in [-0.05, 0) is 31.5 Å². The number of hydrogen-bond donors (Lipinski definition) is 3. The molecule has 3 N–H and O–H groups in total. The number of rotatable bonds is 9. The van der Waals surface area contributed by atoms with Gasteiger partial charge in [-0.1, -0.05) is 0 Å². The van der Waals surface area contributed by atoms with Gasteiger partial charge in [-0.15, -0.1) is 0 Å². The first-order valence-corrected chi connectivity index (χ1v) is 9.70. The Morgan fingerprint density at radius 3 is 2.66 bits per heavy atom. The lowest BCUT2D eigenvalue weighted by atomic mass is 10.2. The van der Waals surface area contributed by atoms with Crippen LogP contribution in [0.25, 0.3) is 11.2 Å². The van der Waals surface area contributed by atoms with E-state index in [-0.39, 0.29) is 42.1 Å². The van der Waals surface area contributed by atoms with E-state index < -0.39 is 22.3 Å². The summed E-state index contributed by atoms with van der Waals surface area (Å²) in [6.45, 7) is 3.66. The van der Waals surface area contributed by atoms with Gasteiger partial charge in [-0.25, -0.2) is 10.2 Å². The van der Waals surface area contributed by atoms with Crippen LogP contribution in [0.4, 0.5) is 11.6 Å². The zero-order valence-corrected chi connectivity index (χ0v) is 17.7. The molecule has 0 fully saturated rings. The summed E-state index contributed by atoms with van der Waals surface area (Å²) in [5.74, 6) is 0.119. The zero-order chi connectivity index (χ0) is 23.4. The summed E-state index contributed by atoms with van der Waals surface area (Å²) < 4.78 is 8.01. The highest BCUT2D eigenvalue weighted by Gasteiger charge is 2.19. The fraction of sp³-hybridized carbons (Fsp3) is 0.368. The molecule has 0 aliphatic rings. The third-order valence-corrected chi connectivity index (χ3v) is 4.50. The van der Waals surface area contributed by atoms with Crippen LogP contribution < -0.4 is 16.7 Å². The number of nitro groups is 1. The minimum atomic E-state index is -0.953. The molecule has 0 aliphatic carbocycles. The molecule has 0 saturated carbocycles. The molecule has 0 amide bonds. The van der Waals surface area contributed by atoms with Gasteiger partial charge < -0.3 is 14.4 Å². The van der Waals surface area contributed by atoms with E-state index in [1.807, 2.05) is 13.8 Å². The number of non-ortho nitro benzene ring substituents is 1. The van der Waals surface area contributed by atoms with Crippen molar-refractivity contribution in [1.82, 2.24) is 19.1 Å². The van der Waals surface area contributed by atoms with Gasteiger partial charge in [0.2, 0.25) is 5.95 Å². The van der Waals surface area contributed by atoms with Gasteiger partial charge >= 0.3 is 5.69 Å². The summed E-state index contributed by atoms with van der Waals surface area (Å²) in [6.07, 6.45) is 0.373. The van der Waals surface area contributed by atoms with E-state index in [1.54, 1.807) is 0 Å². The molecule has 0 spiro atoms. The van der Waals surface area contributed by atoms with Crippen LogP contribution in [0.1, 0.15) is 19.4 Å². The average molecular weight is 445 g/mol. The Morgan fingerprint density at radius 2 is 2.03 bits per heavy atom. The third-order valence-electron chi connectivity index (χ3n) is 4.50. The van der Waals surface area contributed by atoms with E-state index in [9.17, 15) is 24.8 Å². The molecule has 2 aromatic heterocycles. The summed E-state index contributed by atoms with van der Waals surface area (Å²) in [7, 11) is 1.46. The van der Waals surface area contributed by atoms with Gasteiger partial charge in [0.05, 0.1) is 36.5 Å². The Morgan fingerprint density at radius 1 is 1.34 bits per heavy atom. The largest absolute Gasteiger partial charge is 0.389 e. The summed E-state index contributed by atoms with van der Waals surface area (Å²) in [4.78, 5) is 41.1. The third kappa shape index (κ3) is 5.07. The molecule has 1 atom stereocenters. The first kappa shape index (κ1) is 22.8. The molecule has 2 heterocycles. The molecule has 13 nitrogen and oxygen atoms in total. The number of hydrazone groups is 1. The number of fused-ring (bicyclic) bond motifs is 1. The maximum atomic E-state index is 12.5. The van der Waals surface area contributed by atoms with Crippen LogP contribution in [0.2, 0.25) is 0 Å². The fourth-order valence-electron chi connectivity index (χ4n) is 2.91. The molecule has 170 valence electrons.